The molecule has 2 rings (SSSR count). The molecule has 0 fully saturated rings. The highest BCUT2D eigenvalue weighted by Gasteiger charge is 2.09. The Morgan fingerprint density at radius 2 is 1.90 bits per heavy atom. The van der Waals surface area contributed by atoms with Gasteiger partial charge in [-0.05, 0) is 18.6 Å². The van der Waals surface area contributed by atoms with Crippen LogP contribution < -0.4 is 14.8 Å². The van der Waals surface area contributed by atoms with Crippen LogP contribution >= 0.6 is 11.6 Å². The van der Waals surface area contributed by atoms with E-state index in [1.807, 2.05) is 6.07 Å². The molecule has 4 nitrogen and oxygen atoms in total. The molecule has 0 bridgehead atoms. The van der Waals surface area contributed by atoms with E-state index in [1.165, 1.54) is 5.56 Å². The number of nitrogens with zero attached hydrogens (tertiary/aromatic N) is 1. The van der Waals surface area contributed by atoms with E-state index in [0.717, 1.165) is 12.2 Å². The van der Waals surface area contributed by atoms with Gasteiger partial charge in [0.05, 0.1) is 24.9 Å². The zero-order chi connectivity index (χ0) is 14.5. The number of methoxy groups -OCH3 is 2. The van der Waals surface area contributed by atoms with E-state index >= 15 is 0 Å². The summed E-state index contributed by atoms with van der Waals surface area (Å²) in [6.07, 6.45) is 4.18. The molecule has 0 spiro atoms. The Hall–Kier alpha value is -1.81. The smallest absolute Gasteiger partial charge is 0.162 e. The van der Waals surface area contributed by atoms with Gasteiger partial charge in [0.25, 0.3) is 0 Å². The number of hydrogen-bond acceptors (Lipinski definition) is 3. The third-order valence-electron chi connectivity index (χ3n) is 3.13. The van der Waals surface area contributed by atoms with Crippen LogP contribution in [0.1, 0.15) is 12.5 Å². The van der Waals surface area contributed by atoms with Crippen LogP contribution in [0.5, 0.6) is 11.5 Å². The molecule has 0 saturated heterocycles. The van der Waals surface area contributed by atoms with Gasteiger partial charge in [-0.1, -0.05) is 11.6 Å². The van der Waals surface area contributed by atoms with E-state index < -0.39 is 0 Å². The third-order valence-corrected chi connectivity index (χ3v) is 3.45. The summed E-state index contributed by atoms with van der Waals surface area (Å²) in [5, 5.41) is 3.92. The van der Waals surface area contributed by atoms with E-state index in [9.17, 15) is 0 Å². The van der Waals surface area contributed by atoms with Crippen LogP contribution in [-0.2, 0) is 13.1 Å². The number of anilines is 1. The molecule has 0 aliphatic heterocycles. The summed E-state index contributed by atoms with van der Waals surface area (Å²) in [5.41, 5.74) is 2.03. The number of ether oxygens (including phenoxy) is 2. The lowest BCUT2D eigenvalue weighted by Gasteiger charge is -2.13. The highest BCUT2D eigenvalue weighted by molar-refractivity contribution is 6.33. The van der Waals surface area contributed by atoms with Crippen molar-refractivity contribution in [1.29, 1.82) is 0 Å². The van der Waals surface area contributed by atoms with Gasteiger partial charge in [-0.2, -0.15) is 0 Å². The molecule has 1 aromatic heterocycles. The summed E-state index contributed by atoms with van der Waals surface area (Å²) in [5.74, 6) is 1.28. The van der Waals surface area contributed by atoms with Crippen LogP contribution in [0.3, 0.4) is 0 Å². The summed E-state index contributed by atoms with van der Waals surface area (Å²) in [6.45, 7) is 3.79. The lowest BCUT2D eigenvalue weighted by molar-refractivity contribution is 0.355. The Morgan fingerprint density at radius 1 is 1.20 bits per heavy atom. The summed E-state index contributed by atoms with van der Waals surface area (Å²) >= 11 is 6.23. The predicted octanol–water partition coefficient (Wildman–Crippen LogP) is 3.79. The molecule has 5 heteroatoms. The lowest BCUT2D eigenvalue weighted by Crippen LogP contribution is -2.01. The standard InChI is InChI=1S/C15H19ClN2O2/c1-4-18-6-5-11(10-18)9-17-13-8-15(20-3)14(19-2)7-12(13)16/h5-8,10,17H,4,9H2,1-3H3. The van der Waals surface area contributed by atoms with Gasteiger partial charge >= 0.3 is 0 Å². The van der Waals surface area contributed by atoms with E-state index in [0.29, 0.717) is 23.1 Å². The van der Waals surface area contributed by atoms with Gasteiger partial charge in [0.2, 0.25) is 0 Å². The number of halogens is 1. The molecular weight excluding hydrogens is 276 g/mol. The molecule has 1 N–H and O–H groups in total. The number of rotatable bonds is 6. The second-order valence-corrected chi connectivity index (χ2v) is 4.80. The maximum Gasteiger partial charge on any atom is 0.162 e. The summed E-state index contributed by atoms with van der Waals surface area (Å²) in [6, 6.07) is 5.68. The van der Waals surface area contributed by atoms with Crippen LogP contribution in [0.2, 0.25) is 5.02 Å². The predicted molar refractivity (Wildman–Crippen MR) is 82.0 cm³/mol. The molecule has 108 valence electrons. The number of aryl methyl sites for hydroxylation is 1. The first-order valence-corrected chi connectivity index (χ1v) is 6.85. The Balaban J connectivity index is 2.12. The van der Waals surface area contributed by atoms with E-state index in [1.54, 1.807) is 20.3 Å². The van der Waals surface area contributed by atoms with Crippen molar-refractivity contribution in [2.45, 2.75) is 20.0 Å². The van der Waals surface area contributed by atoms with Crippen molar-refractivity contribution in [3.05, 3.63) is 41.2 Å². The average Bonchev–Trinajstić information content (AvgIpc) is 2.93. The number of nitrogens with one attached hydrogen (secondary N) is 1. The molecule has 20 heavy (non-hydrogen) atoms. The summed E-state index contributed by atoms with van der Waals surface area (Å²) in [7, 11) is 3.20. The van der Waals surface area contributed by atoms with Crippen molar-refractivity contribution < 1.29 is 9.47 Å². The van der Waals surface area contributed by atoms with Crippen molar-refractivity contribution in [3.63, 3.8) is 0 Å². The van der Waals surface area contributed by atoms with Gasteiger partial charge in [-0.25, -0.2) is 0 Å². The highest BCUT2D eigenvalue weighted by atomic mass is 35.5. The van der Waals surface area contributed by atoms with Crippen LogP contribution in [-0.4, -0.2) is 18.8 Å². The first kappa shape index (κ1) is 14.6. The normalized spacial score (nSPS) is 10.4. The lowest BCUT2D eigenvalue weighted by atomic mass is 10.2. The van der Waals surface area contributed by atoms with Crippen molar-refractivity contribution in [3.8, 4) is 11.5 Å². The van der Waals surface area contributed by atoms with E-state index in [2.05, 4.69) is 35.3 Å². The maximum atomic E-state index is 6.23. The molecule has 0 atom stereocenters. The van der Waals surface area contributed by atoms with Crippen LogP contribution in [0.15, 0.2) is 30.6 Å². The molecule has 0 saturated carbocycles. The first-order chi connectivity index (χ1) is 9.67. The molecule has 0 aliphatic rings. The van der Waals surface area contributed by atoms with Crippen molar-refractivity contribution in [2.75, 3.05) is 19.5 Å². The topological polar surface area (TPSA) is 35.4 Å². The Kier molecular flexibility index (Phi) is 4.79. The Labute approximate surface area is 124 Å². The minimum Gasteiger partial charge on any atom is -0.493 e. The third kappa shape index (κ3) is 3.20. The Morgan fingerprint density at radius 3 is 2.50 bits per heavy atom. The van der Waals surface area contributed by atoms with Crippen molar-refractivity contribution in [2.24, 2.45) is 0 Å². The highest BCUT2D eigenvalue weighted by Crippen LogP contribution is 2.36. The van der Waals surface area contributed by atoms with Crippen LogP contribution in [0.25, 0.3) is 0 Å². The second kappa shape index (κ2) is 6.57. The van der Waals surface area contributed by atoms with E-state index in [4.69, 9.17) is 21.1 Å². The molecule has 2 aromatic rings. The van der Waals surface area contributed by atoms with Gasteiger partial charge in [0.15, 0.2) is 11.5 Å². The molecule has 0 amide bonds. The first-order valence-electron chi connectivity index (χ1n) is 6.48. The monoisotopic (exact) mass is 294 g/mol. The minimum absolute atomic E-state index is 0.609. The van der Waals surface area contributed by atoms with Gasteiger partial charge in [-0.3, -0.25) is 0 Å². The number of aromatic nitrogens is 1. The fourth-order valence-corrected chi connectivity index (χ4v) is 2.20. The molecule has 0 unspecified atom stereocenters. The number of benzene rings is 1. The fourth-order valence-electron chi connectivity index (χ4n) is 1.98. The molecular formula is C15H19ClN2O2. The van der Waals surface area contributed by atoms with E-state index in [-0.39, 0.29) is 0 Å². The largest absolute Gasteiger partial charge is 0.493 e. The zero-order valence-electron chi connectivity index (χ0n) is 11.9. The molecule has 0 aliphatic carbocycles. The van der Waals surface area contributed by atoms with Crippen molar-refractivity contribution in [1.82, 2.24) is 4.57 Å². The van der Waals surface area contributed by atoms with Crippen LogP contribution in [0.4, 0.5) is 5.69 Å². The fraction of sp³-hybridized carbons (Fsp3) is 0.333. The minimum atomic E-state index is 0.609. The number of hydrogen-bond donors (Lipinski definition) is 1. The van der Waals surface area contributed by atoms with Crippen LogP contribution in [0, 0.1) is 0 Å². The Bertz CT molecular complexity index is 581. The van der Waals surface area contributed by atoms with Gasteiger partial charge in [0, 0.05) is 37.6 Å². The van der Waals surface area contributed by atoms with Gasteiger partial charge in [-0.15, -0.1) is 0 Å². The van der Waals surface area contributed by atoms with Gasteiger partial charge in [0.1, 0.15) is 0 Å². The molecule has 1 heterocycles. The summed E-state index contributed by atoms with van der Waals surface area (Å²) in [4.78, 5) is 0. The zero-order valence-corrected chi connectivity index (χ0v) is 12.7. The quantitative estimate of drug-likeness (QED) is 0.880. The summed E-state index contributed by atoms with van der Waals surface area (Å²) < 4.78 is 12.6. The second-order valence-electron chi connectivity index (χ2n) is 4.39. The maximum absolute atomic E-state index is 6.23. The van der Waals surface area contributed by atoms with Crippen molar-refractivity contribution >= 4 is 17.3 Å². The SMILES string of the molecule is CCn1ccc(CNc2cc(OC)c(OC)cc2Cl)c1. The average molecular weight is 295 g/mol. The molecule has 0 radical (unpaired) electrons. The van der Waals surface area contributed by atoms with Gasteiger partial charge < -0.3 is 19.4 Å². The molecule has 1 aromatic carbocycles.